The number of amides is 1. The third-order valence-electron chi connectivity index (χ3n) is 5.12. The van der Waals surface area contributed by atoms with E-state index < -0.39 is 10.0 Å². The molecule has 1 saturated heterocycles. The van der Waals surface area contributed by atoms with E-state index in [1.807, 2.05) is 19.1 Å². The third-order valence-corrected chi connectivity index (χ3v) is 7.27. The number of benzene rings is 2. The van der Waals surface area contributed by atoms with Crippen LogP contribution in [-0.4, -0.2) is 31.7 Å². The Labute approximate surface area is 171 Å². The largest absolute Gasteiger partial charge is 0.346 e. The monoisotopic (exact) mass is 420 g/mol. The molecule has 28 heavy (non-hydrogen) atoms. The molecule has 7 heteroatoms. The van der Waals surface area contributed by atoms with Gasteiger partial charge in [-0.1, -0.05) is 36.2 Å². The fourth-order valence-electron chi connectivity index (χ4n) is 3.37. The second kappa shape index (κ2) is 8.64. The van der Waals surface area contributed by atoms with Crippen LogP contribution in [0.4, 0.5) is 0 Å². The lowest BCUT2D eigenvalue weighted by Crippen LogP contribution is -2.35. The first-order valence-electron chi connectivity index (χ1n) is 9.46. The summed E-state index contributed by atoms with van der Waals surface area (Å²) < 4.78 is 27.4. The fraction of sp³-hybridized carbons (Fsp3) is 0.381. The highest BCUT2D eigenvalue weighted by Crippen LogP contribution is 2.23. The van der Waals surface area contributed by atoms with Gasteiger partial charge in [-0.25, -0.2) is 8.42 Å². The average molecular weight is 421 g/mol. The summed E-state index contributed by atoms with van der Waals surface area (Å²) in [6, 6.07) is 11.8. The van der Waals surface area contributed by atoms with Gasteiger partial charge in [0.1, 0.15) is 0 Å². The summed E-state index contributed by atoms with van der Waals surface area (Å²) in [6.07, 6.45) is 2.80. The number of carbonyl (C=O) groups is 1. The van der Waals surface area contributed by atoms with Gasteiger partial charge in [-0.15, -0.1) is 0 Å². The van der Waals surface area contributed by atoms with Crippen molar-refractivity contribution in [3.8, 4) is 0 Å². The maximum absolute atomic E-state index is 12.9. The van der Waals surface area contributed by atoms with Crippen molar-refractivity contribution >= 4 is 27.5 Å². The maximum atomic E-state index is 12.9. The van der Waals surface area contributed by atoms with E-state index in [1.54, 1.807) is 31.2 Å². The van der Waals surface area contributed by atoms with E-state index in [0.717, 1.165) is 30.4 Å². The Hall–Kier alpha value is -1.89. The Balaban J connectivity index is 1.82. The number of hydrogen-bond acceptors (Lipinski definition) is 3. The predicted molar refractivity (Wildman–Crippen MR) is 111 cm³/mol. The van der Waals surface area contributed by atoms with E-state index in [2.05, 4.69) is 5.32 Å². The van der Waals surface area contributed by atoms with Crippen LogP contribution in [0.1, 0.15) is 53.7 Å². The summed E-state index contributed by atoms with van der Waals surface area (Å²) in [5, 5.41) is 3.57. The molecule has 1 atom stereocenters. The summed E-state index contributed by atoms with van der Waals surface area (Å²) >= 11 is 5.91. The molecule has 0 unspecified atom stereocenters. The Morgan fingerprint density at radius 3 is 2.36 bits per heavy atom. The minimum Gasteiger partial charge on any atom is -0.346 e. The van der Waals surface area contributed by atoms with Gasteiger partial charge in [0.2, 0.25) is 10.0 Å². The fourth-order valence-corrected chi connectivity index (χ4v) is 5.04. The van der Waals surface area contributed by atoms with Crippen molar-refractivity contribution < 1.29 is 13.2 Å². The van der Waals surface area contributed by atoms with Crippen LogP contribution in [0.2, 0.25) is 5.02 Å². The van der Waals surface area contributed by atoms with Gasteiger partial charge >= 0.3 is 0 Å². The van der Waals surface area contributed by atoms with Crippen LogP contribution >= 0.6 is 11.6 Å². The van der Waals surface area contributed by atoms with Crippen molar-refractivity contribution in [1.82, 2.24) is 9.62 Å². The molecule has 2 aromatic rings. The Morgan fingerprint density at radius 1 is 1.07 bits per heavy atom. The lowest BCUT2D eigenvalue weighted by Gasteiger charge is -2.26. The van der Waals surface area contributed by atoms with Crippen molar-refractivity contribution in [3.05, 3.63) is 64.2 Å². The molecule has 1 aliphatic rings. The zero-order valence-electron chi connectivity index (χ0n) is 16.1. The van der Waals surface area contributed by atoms with Gasteiger partial charge in [-0.2, -0.15) is 4.31 Å². The molecular formula is C21H25ClN2O3S. The minimum absolute atomic E-state index is 0.171. The number of nitrogens with one attached hydrogen (secondary N) is 1. The summed E-state index contributed by atoms with van der Waals surface area (Å²) in [4.78, 5) is 13.0. The molecule has 0 bridgehead atoms. The summed E-state index contributed by atoms with van der Waals surface area (Å²) in [7, 11) is -3.58. The molecule has 1 heterocycles. The summed E-state index contributed by atoms with van der Waals surface area (Å²) in [6.45, 7) is 4.75. The van der Waals surface area contributed by atoms with E-state index in [4.69, 9.17) is 11.6 Å². The Morgan fingerprint density at radius 2 is 1.71 bits per heavy atom. The van der Waals surface area contributed by atoms with Crippen LogP contribution in [0.3, 0.4) is 0 Å². The van der Waals surface area contributed by atoms with E-state index in [0.29, 0.717) is 23.7 Å². The number of sulfonamides is 1. The van der Waals surface area contributed by atoms with Crippen LogP contribution in [0.15, 0.2) is 47.4 Å². The first kappa shape index (κ1) is 20.8. The molecule has 0 saturated carbocycles. The number of aryl methyl sites for hydroxylation is 1. The zero-order valence-corrected chi connectivity index (χ0v) is 17.7. The predicted octanol–water partition coefficient (Wildman–Crippen LogP) is 4.31. The molecule has 2 aromatic carbocycles. The highest BCUT2D eigenvalue weighted by molar-refractivity contribution is 7.89. The molecule has 1 N–H and O–H groups in total. The van der Waals surface area contributed by atoms with Gasteiger partial charge in [0.15, 0.2) is 0 Å². The Bertz CT molecular complexity index is 952. The highest BCUT2D eigenvalue weighted by atomic mass is 35.5. The number of carbonyl (C=O) groups excluding carboxylic acids is 1. The van der Waals surface area contributed by atoms with E-state index in [1.165, 1.54) is 10.4 Å². The quantitative estimate of drug-likeness (QED) is 0.783. The number of nitrogens with zero attached hydrogens (tertiary/aromatic N) is 1. The van der Waals surface area contributed by atoms with E-state index >= 15 is 0 Å². The molecule has 3 rings (SSSR count). The third kappa shape index (κ3) is 4.57. The number of rotatable bonds is 5. The molecule has 0 aromatic heterocycles. The average Bonchev–Trinajstić information content (AvgIpc) is 2.69. The zero-order chi connectivity index (χ0) is 20.3. The molecule has 0 spiro atoms. The van der Waals surface area contributed by atoms with Crippen molar-refractivity contribution in [2.75, 3.05) is 13.1 Å². The topological polar surface area (TPSA) is 66.5 Å². The van der Waals surface area contributed by atoms with Crippen molar-refractivity contribution in [2.45, 2.75) is 44.0 Å². The molecule has 1 fully saturated rings. The van der Waals surface area contributed by atoms with Crippen molar-refractivity contribution in [3.63, 3.8) is 0 Å². The molecule has 0 aliphatic carbocycles. The van der Waals surface area contributed by atoms with Crippen LogP contribution in [0.25, 0.3) is 0 Å². The normalized spacial score (nSPS) is 16.5. The van der Waals surface area contributed by atoms with Gasteiger partial charge in [0.25, 0.3) is 5.91 Å². The summed E-state index contributed by atoms with van der Waals surface area (Å²) in [5.41, 5.74) is 2.03. The summed E-state index contributed by atoms with van der Waals surface area (Å²) in [5.74, 6) is -0.296. The molecule has 1 aliphatic heterocycles. The SMILES string of the molecule is Cc1ccc(S(=O)(=O)N2CCCCC2)cc1C(=O)N[C@H](C)c1ccc(Cl)cc1. The minimum atomic E-state index is -3.58. The van der Waals surface area contributed by atoms with Gasteiger partial charge in [-0.05, 0) is 62.1 Å². The smallest absolute Gasteiger partial charge is 0.252 e. The van der Waals surface area contributed by atoms with Crippen LogP contribution < -0.4 is 5.32 Å². The van der Waals surface area contributed by atoms with Gasteiger partial charge < -0.3 is 5.32 Å². The van der Waals surface area contributed by atoms with Gasteiger partial charge in [0, 0.05) is 23.7 Å². The molecule has 1 amide bonds. The number of halogens is 1. The lowest BCUT2D eigenvalue weighted by molar-refractivity contribution is 0.0939. The van der Waals surface area contributed by atoms with Crippen molar-refractivity contribution in [2.24, 2.45) is 0 Å². The first-order valence-corrected chi connectivity index (χ1v) is 11.3. The Kier molecular flexibility index (Phi) is 6.43. The maximum Gasteiger partial charge on any atom is 0.252 e. The highest BCUT2D eigenvalue weighted by Gasteiger charge is 2.27. The molecule has 150 valence electrons. The second-order valence-corrected chi connectivity index (χ2v) is 9.56. The second-order valence-electron chi connectivity index (χ2n) is 7.19. The van der Waals surface area contributed by atoms with E-state index in [-0.39, 0.29) is 16.8 Å². The van der Waals surface area contributed by atoms with Crippen LogP contribution in [0.5, 0.6) is 0 Å². The lowest BCUT2D eigenvalue weighted by atomic mass is 10.1. The van der Waals surface area contributed by atoms with Crippen LogP contribution in [-0.2, 0) is 10.0 Å². The van der Waals surface area contributed by atoms with E-state index in [9.17, 15) is 13.2 Å². The van der Waals surface area contributed by atoms with Gasteiger partial charge in [0.05, 0.1) is 10.9 Å². The molecular weight excluding hydrogens is 396 g/mol. The molecule has 5 nitrogen and oxygen atoms in total. The first-order chi connectivity index (χ1) is 13.3. The number of hydrogen-bond donors (Lipinski definition) is 1. The molecule has 0 radical (unpaired) electrons. The van der Waals surface area contributed by atoms with Crippen molar-refractivity contribution in [1.29, 1.82) is 0 Å². The van der Waals surface area contributed by atoms with Gasteiger partial charge in [-0.3, -0.25) is 4.79 Å². The standard InChI is InChI=1S/C21H25ClN2O3S/c1-15-6-11-19(28(26,27)24-12-4-3-5-13-24)14-20(15)21(25)23-16(2)17-7-9-18(22)10-8-17/h6-11,14,16H,3-5,12-13H2,1-2H3,(H,23,25)/t16-/m1/s1. The number of piperidine rings is 1. The van der Waals surface area contributed by atoms with Crippen LogP contribution in [0, 0.1) is 6.92 Å².